The Balaban J connectivity index is 1.81. The molecule has 7 nitrogen and oxygen atoms in total. The number of hydrogen-bond acceptors (Lipinski definition) is 4. The molecule has 0 unspecified atom stereocenters. The highest BCUT2D eigenvalue weighted by Crippen LogP contribution is 2.28. The second-order valence-electron chi connectivity index (χ2n) is 10.9. The fourth-order valence-corrected chi connectivity index (χ4v) is 6.77. The van der Waals surface area contributed by atoms with E-state index in [1.807, 2.05) is 44.2 Å². The smallest absolute Gasteiger partial charge is 0.264 e. The number of amides is 2. The van der Waals surface area contributed by atoms with Crippen LogP contribution in [0.25, 0.3) is 0 Å². The van der Waals surface area contributed by atoms with Gasteiger partial charge in [-0.1, -0.05) is 109 Å². The Morgan fingerprint density at radius 3 is 2.07 bits per heavy atom. The highest BCUT2D eigenvalue weighted by molar-refractivity contribution is 7.92. The van der Waals surface area contributed by atoms with Crippen LogP contribution in [0.1, 0.15) is 25.0 Å². The summed E-state index contributed by atoms with van der Waals surface area (Å²) < 4.78 is 29.1. The summed E-state index contributed by atoms with van der Waals surface area (Å²) in [5.74, 6) is -0.817. The van der Waals surface area contributed by atoms with Gasteiger partial charge in [-0.3, -0.25) is 13.9 Å². The Labute approximate surface area is 279 Å². The number of halogens is 3. The third-order valence-corrected chi connectivity index (χ3v) is 9.63. The molecular weight excluding hydrogens is 653 g/mol. The van der Waals surface area contributed by atoms with Gasteiger partial charge in [0, 0.05) is 34.6 Å². The Hall–Kier alpha value is -3.56. The zero-order valence-corrected chi connectivity index (χ0v) is 28.0. The quantitative estimate of drug-likeness (QED) is 0.161. The number of rotatable bonds is 13. The van der Waals surface area contributed by atoms with Crippen molar-refractivity contribution in [1.82, 2.24) is 10.2 Å². The van der Waals surface area contributed by atoms with Crippen LogP contribution in [0.15, 0.2) is 108 Å². The number of hydrogen-bond donors (Lipinski definition) is 1. The predicted octanol–water partition coefficient (Wildman–Crippen LogP) is 7.25. The molecule has 2 amide bonds. The molecule has 0 aliphatic carbocycles. The number of sulfonamides is 1. The summed E-state index contributed by atoms with van der Waals surface area (Å²) in [5.41, 5.74) is 1.57. The minimum atomic E-state index is -4.23. The number of carbonyl (C=O) groups excluding carboxylic acids is 2. The van der Waals surface area contributed by atoms with Gasteiger partial charge in [0.1, 0.15) is 12.6 Å². The lowest BCUT2D eigenvalue weighted by molar-refractivity contribution is -0.140. The van der Waals surface area contributed by atoms with Crippen molar-refractivity contribution in [2.75, 3.05) is 17.4 Å². The molecule has 4 aromatic rings. The van der Waals surface area contributed by atoms with Crippen LogP contribution in [-0.4, -0.2) is 44.3 Å². The monoisotopic (exact) mass is 685 g/mol. The van der Waals surface area contributed by atoms with Crippen molar-refractivity contribution in [2.45, 2.75) is 37.8 Å². The van der Waals surface area contributed by atoms with Crippen LogP contribution < -0.4 is 9.62 Å². The SMILES string of the molecule is CC(C)CNC(=O)[C@@H](Cc1ccccc1)N(Cc1ccc(Cl)cc1Cl)C(=O)CN(c1cccc(Cl)c1)S(=O)(=O)c1ccccc1. The lowest BCUT2D eigenvalue weighted by Gasteiger charge is -2.34. The van der Waals surface area contributed by atoms with Gasteiger partial charge in [0.2, 0.25) is 11.8 Å². The molecule has 4 rings (SSSR count). The average Bonchev–Trinajstić information content (AvgIpc) is 3.02. The molecule has 0 aliphatic rings. The number of anilines is 1. The molecule has 0 radical (unpaired) electrons. The summed E-state index contributed by atoms with van der Waals surface area (Å²) in [4.78, 5) is 29.7. The number of benzene rings is 4. The van der Waals surface area contributed by atoms with Gasteiger partial charge in [0.05, 0.1) is 10.6 Å². The first-order chi connectivity index (χ1) is 21.5. The standard InChI is InChI=1S/C34H34Cl3N3O4S/c1-24(2)21-38-34(42)32(18-25-10-5-3-6-11-25)39(22-26-16-17-28(36)20-31(26)37)33(41)23-40(29-13-9-12-27(35)19-29)45(43,44)30-14-7-4-8-15-30/h3-17,19-20,24,32H,18,21-23H2,1-2H3,(H,38,42)/t32-/m1/s1. The summed E-state index contributed by atoms with van der Waals surface area (Å²) in [6.45, 7) is 3.66. The van der Waals surface area contributed by atoms with E-state index in [0.29, 0.717) is 27.2 Å². The van der Waals surface area contributed by atoms with Crippen LogP contribution in [0, 0.1) is 5.92 Å². The van der Waals surface area contributed by atoms with Gasteiger partial charge in [0.25, 0.3) is 10.0 Å². The van der Waals surface area contributed by atoms with Crippen LogP contribution in [0.3, 0.4) is 0 Å². The molecule has 0 aliphatic heterocycles. The molecule has 0 bridgehead atoms. The fourth-order valence-electron chi connectivity index (χ4n) is 4.69. The Morgan fingerprint density at radius 2 is 1.44 bits per heavy atom. The number of carbonyl (C=O) groups is 2. The van der Waals surface area contributed by atoms with Gasteiger partial charge < -0.3 is 10.2 Å². The second kappa shape index (κ2) is 15.6. The van der Waals surface area contributed by atoms with E-state index in [1.165, 1.54) is 23.1 Å². The van der Waals surface area contributed by atoms with E-state index < -0.39 is 28.5 Å². The average molecular weight is 687 g/mol. The maximum absolute atomic E-state index is 14.5. The van der Waals surface area contributed by atoms with Crippen molar-refractivity contribution in [3.05, 3.63) is 129 Å². The first-order valence-corrected chi connectivity index (χ1v) is 16.9. The van der Waals surface area contributed by atoms with E-state index in [1.54, 1.807) is 54.6 Å². The molecule has 0 saturated heterocycles. The molecule has 4 aromatic carbocycles. The van der Waals surface area contributed by atoms with Crippen LogP contribution in [-0.2, 0) is 32.6 Å². The molecule has 45 heavy (non-hydrogen) atoms. The lowest BCUT2D eigenvalue weighted by atomic mass is 10.0. The lowest BCUT2D eigenvalue weighted by Crippen LogP contribution is -2.53. The van der Waals surface area contributed by atoms with Crippen molar-refractivity contribution in [3.63, 3.8) is 0 Å². The molecule has 1 N–H and O–H groups in total. The first-order valence-electron chi connectivity index (χ1n) is 14.3. The van der Waals surface area contributed by atoms with E-state index in [2.05, 4.69) is 5.32 Å². The third-order valence-electron chi connectivity index (χ3n) is 7.02. The van der Waals surface area contributed by atoms with Crippen molar-refractivity contribution in [2.24, 2.45) is 5.92 Å². The zero-order valence-electron chi connectivity index (χ0n) is 24.9. The Bertz CT molecular complexity index is 1720. The van der Waals surface area contributed by atoms with Gasteiger partial charge in [-0.05, 0) is 59.5 Å². The molecular formula is C34H34Cl3N3O4S. The molecule has 1 atom stereocenters. The summed E-state index contributed by atoms with van der Waals surface area (Å²) in [6, 6.07) is 27.3. The fraction of sp³-hybridized carbons (Fsp3) is 0.235. The molecule has 0 heterocycles. The minimum absolute atomic E-state index is 0.000540. The highest BCUT2D eigenvalue weighted by atomic mass is 35.5. The molecule has 0 spiro atoms. The Morgan fingerprint density at radius 1 is 0.800 bits per heavy atom. The molecule has 0 fully saturated rings. The Kier molecular flexibility index (Phi) is 11.9. The first kappa shape index (κ1) is 34.3. The molecule has 11 heteroatoms. The predicted molar refractivity (Wildman–Crippen MR) is 181 cm³/mol. The molecule has 0 saturated carbocycles. The van der Waals surface area contributed by atoms with Gasteiger partial charge in [0.15, 0.2) is 0 Å². The van der Waals surface area contributed by atoms with Gasteiger partial charge in [-0.15, -0.1) is 0 Å². The largest absolute Gasteiger partial charge is 0.354 e. The van der Waals surface area contributed by atoms with Gasteiger partial charge in [-0.2, -0.15) is 0 Å². The van der Waals surface area contributed by atoms with E-state index >= 15 is 0 Å². The van der Waals surface area contributed by atoms with Gasteiger partial charge >= 0.3 is 0 Å². The van der Waals surface area contributed by atoms with Gasteiger partial charge in [-0.25, -0.2) is 8.42 Å². The maximum atomic E-state index is 14.5. The van der Waals surface area contributed by atoms with Crippen molar-refractivity contribution in [3.8, 4) is 0 Å². The van der Waals surface area contributed by atoms with Crippen LogP contribution >= 0.6 is 34.8 Å². The summed E-state index contributed by atoms with van der Waals surface area (Å²) >= 11 is 19.0. The van der Waals surface area contributed by atoms with Crippen LogP contribution in [0.2, 0.25) is 15.1 Å². The summed E-state index contributed by atoms with van der Waals surface area (Å²) in [7, 11) is -4.23. The van der Waals surface area contributed by atoms with E-state index in [0.717, 1.165) is 9.87 Å². The normalized spacial score (nSPS) is 12.0. The topological polar surface area (TPSA) is 86.8 Å². The highest BCUT2D eigenvalue weighted by Gasteiger charge is 2.35. The third kappa shape index (κ3) is 9.23. The van der Waals surface area contributed by atoms with Crippen molar-refractivity contribution in [1.29, 1.82) is 0 Å². The zero-order chi connectivity index (χ0) is 32.6. The second-order valence-corrected chi connectivity index (χ2v) is 14.0. The number of nitrogens with one attached hydrogen (secondary N) is 1. The van der Waals surface area contributed by atoms with Crippen molar-refractivity contribution >= 4 is 62.3 Å². The maximum Gasteiger partial charge on any atom is 0.264 e. The van der Waals surface area contributed by atoms with E-state index in [9.17, 15) is 18.0 Å². The van der Waals surface area contributed by atoms with Crippen LogP contribution in [0.4, 0.5) is 5.69 Å². The minimum Gasteiger partial charge on any atom is -0.354 e. The van der Waals surface area contributed by atoms with E-state index in [-0.39, 0.29) is 35.4 Å². The van der Waals surface area contributed by atoms with E-state index in [4.69, 9.17) is 34.8 Å². The molecule has 236 valence electrons. The summed E-state index contributed by atoms with van der Waals surface area (Å²) in [5, 5.41) is 3.98. The summed E-state index contributed by atoms with van der Waals surface area (Å²) in [6.07, 6.45) is 0.185. The van der Waals surface area contributed by atoms with Crippen LogP contribution in [0.5, 0.6) is 0 Å². The molecule has 0 aromatic heterocycles. The van der Waals surface area contributed by atoms with Crippen molar-refractivity contribution < 1.29 is 18.0 Å². The number of nitrogens with zero attached hydrogens (tertiary/aromatic N) is 2.